The number of aromatic nitrogens is 3. The highest BCUT2D eigenvalue weighted by Crippen LogP contribution is 2.24. The Morgan fingerprint density at radius 2 is 1.92 bits per heavy atom. The molecule has 0 saturated carbocycles. The van der Waals surface area contributed by atoms with Gasteiger partial charge in [0.25, 0.3) is 0 Å². The summed E-state index contributed by atoms with van der Waals surface area (Å²) in [6.07, 6.45) is 5.56. The van der Waals surface area contributed by atoms with E-state index in [-0.39, 0.29) is 0 Å². The number of anilines is 1. The molecule has 4 rings (SSSR count). The number of rotatable bonds is 4. The van der Waals surface area contributed by atoms with Crippen molar-refractivity contribution in [1.29, 1.82) is 0 Å². The smallest absolute Gasteiger partial charge is 0.147 e. The van der Waals surface area contributed by atoms with Crippen molar-refractivity contribution < 1.29 is 0 Å². The standard InChI is InChI=1S/C18H19N5S/c1-2-6-20-15(4-1)14-22-7-9-23(10-8-22)18-13-19-12-16(21-18)17-5-3-11-24-17/h1-6,11-13H,7-10,14H2. The summed E-state index contributed by atoms with van der Waals surface area (Å²) in [6, 6.07) is 10.2. The van der Waals surface area contributed by atoms with Gasteiger partial charge in [0.1, 0.15) is 11.5 Å². The first-order valence-corrected chi connectivity index (χ1v) is 8.99. The van der Waals surface area contributed by atoms with Gasteiger partial charge < -0.3 is 4.90 Å². The van der Waals surface area contributed by atoms with Gasteiger partial charge in [0.15, 0.2) is 0 Å². The lowest BCUT2D eigenvalue weighted by Crippen LogP contribution is -2.46. The third-order valence-corrected chi connectivity index (χ3v) is 5.10. The summed E-state index contributed by atoms with van der Waals surface area (Å²) >= 11 is 1.70. The molecule has 1 saturated heterocycles. The van der Waals surface area contributed by atoms with Gasteiger partial charge >= 0.3 is 0 Å². The zero-order valence-corrected chi connectivity index (χ0v) is 14.2. The normalized spacial score (nSPS) is 15.6. The van der Waals surface area contributed by atoms with E-state index in [0.717, 1.165) is 54.8 Å². The molecule has 0 unspecified atom stereocenters. The maximum atomic E-state index is 4.79. The quantitative estimate of drug-likeness (QED) is 0.732. The number of piperazine rings is 1. The number of pyridine rings is 1. The monoisotopic (exact) mass is 337 g/mol. The van der Waals surface area contributed by atoms with E-state index in [4.69, 9.17) is 4.98 Å². The number of hydrogen-bond donors (Lipinski definition) is 0. The van der Waals surface area contributed by atoms with Gasteiger partial charge in [-0.2, -0.15) is 0 Å². The van der Waals surface area contributed by atoms with Crippen LogP contribution in [0.2, 0.25) is 0 Å². The van der Waals surface area contributed by atoms with Gasteiger partial charge in [0, 0.05) is 38.9 Å². The molecule has 0 atom stereocenters. The predicted octanol–water partition coefficient (Wildman–Crippen LogP) is 2.92. The van der Waals surface area contributed by atoms with E-state index in [0.29, 0.717) is 0 Å². The van der Waals surface area contributed by atoms with Crippen LogP contribution in [0.1, 0.15) is 5.69 Å². The average molecular weight is 337 g/mol. The van der Waals surface area contributed by atoms with E-state index in [1.165, 1.54) is 0 Å². The topological polar surface area (TPSA) is 45.2 Å². The van der Waals surface area contributed by atoms with Crippen LogP contribution >= 0.6 is 11.3 Å². The molecule has 4 heterocycles. The first-order chi connectivity index (χ1) is 11.9. The fourth-order valence-corrected chi connectivity index (χ4v) is 3.59. The Morgan fingerprint density at radius 1 is 1.00 bits per heavy atom. The van der Waals surface area contributed by atoms with E-state index >= 15 is 0 Å². The Bertz CT molecular complexity index is 767. The zero-order chi connectivity index (χ0) is 16.2. The molecule has 0 aromatic carbocycles. The second-order valence-corrected chi connectivity index (χ2v) is 6.77. The number of thiophene rings is 1. The molecule has 0 N–H and O–H groups in total. The van der Waals surface area contributed by atoms with Crippen LogP contribution in [0.3, 0.4) is 0 Å². The molecule has 5 nitrogen and oxygen atoms in total. The van der Waals surface area contributed by atoms with Crippen LogP contribution in [0.25, 0.3) is 10.6 Å². The molecule has 3 aromatic heterocycles. The van der Waals surface area contributed by atoms with Crippen molar-refractivity contribution >= 4 is 17.2 Å². The van der Waals surface area contributed by atoms with Crippen molar-refractivity contribution in [1.82, 2.24) is 19.9 Å². The maximum Gasteiger partial charge on any atom is 0.147 e. The number of nitrogens with zero attached hydrogens (tertiary/aromatic N) is 5. The van der Waals surface area contributed by atoms with Crippen LogP contribution < -0.4 is 4.90 Å². The van der Waals surface area contributed by atoms with Gasteiger partial charge in [-0.1, -0.05) is 12.1 Å². The minimum absolute atomic E-state index is 0.912. The van der Waals surface area contributed by atoms with E-state index < -0.39 is 0 Å². The van der Waals surface area contributed by atoms with Crippen LogP contribution in [-0.2, 0) is 6.54 Å². The van der Waals surface area contributed by atoms with Crippen LogP contribution in [0.5, 0.6) is 0 Å². The van der Waals surface area contributed by atoms with Crippen molar-refractivity contribution in [2.45, 2.75) is 6.54 Å². The van der Waals surface area contributed by atoms with Crippen LogP contribution in [0.15, 0.2) is 54.3 Å². The van der Waals surface area contributed by atoms with Crippen molar-refractivity contribution in [3.05, 3.63) is 60.0 Å². The fraction of sp³-hybridized carbons (Fsp3) is 0.278. The first kappa shape index (κ1) is 15.2. The average Bonchev–Trinajstić information content (AvgIpc) is 3.18. The van der Waals surface area contributed by atoms with Gasteiger partial charge in [-0.25, -0.2) is 4.98 Å². The minimum Gasteiger partial charge on any atom is -0.353 e. The lowest BCUT2D eigenvalue weighted by Gasteiger charge is -2.35. The molecule has 0 radical (unpaired) electrons. The van der Waals surface area contributed by atoms with Gasteiger partial charge in [0.2, 0.25) is 0 Å². The Labute approximate surface area is 145 Å². The van der Waals surface area contributed by atoms with E-state index in [1.54, 1.807) is 11.3 Å². The van der Waals surface area contributed by atoms with Gasteiger partial charge in [-0.05, 0) is 23.6 Å². The molecule has 122 valence electrons. The molecule has 0 bridgehead atoms. The summed E-state index contributed by atoms with van der Waals surface area (Å²) in [6.45, 7) is 4.88. The Hall–Kier alpha value is -2.31. The van der Waals surface area contributed by atoms with Crippen molar-refractivity contribution in [2.75, 3.05) is 31.1 Å². The lowest BCUT2D eigenvalue weighted by atomic mass is 10.2. The van der Waals surface area contributed by atoms with E-state index in [1.807, 2.05) is 36.8 Å². The molecule has 24 heavy (non-hydrogen) atoms. The van der Waals surface area contributed by atoms with Gasteiger partial charge in [-0.15, -0.1) is 11.3 Å². The van der Waals surface area contributed by atoms with E-state index in [2.05, 4.69) is 37.3 Å². The Morgan fingerprint density at radius 3 is 2.67 bits per heavy atom. The Balaban J connectivity index is 1.40. The molecular weight excluding hydrogens is 318 g/mol. The van der Waals surface area contributed by atoms with Gasteiger partial charge in [-0.3, -0.25) is 14.9 Å². The van der Waals surface area contributed by atoms with E-state index in [9.17, 15) is 0 Å². The minimum atomic E-state index is 0.912. The summed E-state index contributed by atoms with van der Waals surface area (Å²) < 4.78 is 0. The molecule has 1 aliphatic rings. The molecular formula is C18H19N5S. The van der Waals surface area contributed by atoms with Crippen molar-refractivity contribution in [2.24, 2.45) is 0 Å². The third kappa shape index (κ3) is 3.44. The zero-order valence-electron chi connectivity index (χ0n) is 13.4. The summed E-state index contributed by atoms with van der Waals surface area (Å²) in [7, 11) is 0. The highest BCUT2D eigenvalue weighted by Gasteiger charge is 2.19. The summed E-state index contributed by atoms with van der Waals surface area (Å²) in [5.41, 5.74) is 2.09. The third-order valence-electron chi connectivity index (χ3n) is 4.20. The lowest BCUT2D eigenvalue weighted by molar-refractivity contribution is 0.246. The second-order valence-electron chi connectivity index (χ2n) is 5.82. The van der Waals surface area contributed by atoms with Gasteiger partial charge in [0.05, 0.1) is 23.0 Å². The molecule has 0 spiro atoms. The molecule has 6 heteroatoms. The summed E-state index contributed by atoms with van der Waals surface area (Å²) in [5.74, 6) is 0.971. The van der Waals surface area contributed by atoms with Crippen molar-refractivity contribution in [3.63, 3.8) is 0 Å². The summed E-state index contributed by atoms with van der Waals surface area (Å²) in [5, 5.41) is 2.07. The maximum absolute atomic E-state index is 4.79. The molecule has 1 fully saturated rings. The Kier molecular flexibility index (Phi) is 4.49. The highest BCUT2D eigenvalue weighted by atomic mass is 32.1. The largest absolute Gasteiger partial charge is 0.353 e. The van der Waals surface area contributed by atoms with Crippen molar-refractivity contribution in [3.8, 4) is 10.6 Å². The SMILES string of the molecule is c1ccc(CN2CCN(c3cncc(-c4cccs4)n3)CC2)nc1. The van der Waals surface area contributed by atoms with Crippen LogP contribution in [0.4, 0.5) is 5.82 Å². The fourth-order valence-electron chi connectivity index (χ4n) is 2.91. The molecule has 0 aliphatic carbocycles. The van der Waals surface area contributed by atoms with Crippen LogP contribution in [0, 0.1) is 0 Å². The molecule has 3 aromatic rings. The highest BCUT2D eigenvalue weighted by molar-refractivity contribution is 7.13. The van der Waals surface area contributed by atoms with Crippen LogP contribution in [-0.4, -0.2) is 46.0 Å². The number of hydrogen-bond acceptors (Lipinski definition) is 6. The predicted molar refractivity (Wildman–Crippen MR) is 97.1 cm³/mol. The molecule has 1 aliphatic heterocycles. The molecule has 0 amide bonds. The first-order valence-electron chi connectivity index (χ1n) is 8.11. The summed E-state index contributed by atoms with van der Waals surface area (Å²) in [4.78, 5) is 19.5. The second kappa shape index (κ2) is 7.07.